The summed E-state index contributed by atoms with van der Waals surface area (Å²) < 4.78 is 79.6. The van der Waals surface area contributed by atoms with Gasteiger partial charge >= 0.3 is 12.4 Å². The molecule has 12 nitrogen and oxygen atoms in total. The Morgan fingerprint density at radius 2 is 1.02 bits per heavy atom. The van der Waals surface area contributed by atoms with E-state index in [9.17, 15) is 35.9 Å². The van der Waals surface area contributed by atoms with Crippen LogP contribution in [0, 0.1) is 13.8 Å². The third kappa shape index (κ3) is 6.68. The van der Waals surface area contributed by atoms with Crippen molar-refractivity contribution in [2.24, 2.45) is 0 Å². The normalized spacial score (nSPS) is 16.2. The van der Waals surface area contributed by atoms with Crippen LogP contribution in [-0.2, 0) is 12.4 Å². The number of hydrogen-bond acceptors (Lipinski definition) is 8. The maximum Gasteiger partial charge on any atom is 0.417 e. The van der Waals surface area contributed by atoms with Crippen molar-refractivity contribution in [2.45, 2.75) is 89.7 Å². The van der Waals surface area contributed by atoms with Crippen LogP contribution in [0.1, 0.15) is 109 Å². The van der Waals surface area contributed by atoms with Crippen molar-refractivity contribution in [3.05, 3.63) is 103 Å². The monoisotopic (exact) mass is 726 g/mol. The number of hydrogen-bond donors (Lipinski definition) is 2. The van der Waals surface area contributed by atoms with E-state index in [0.717, 1.165) is 50.2 Å². The van der Waals surface area contributed by atoms with Gasteiger partial charge in [0.05, 0.1) is 46.0 Å². The van der Waals surface area contributed by atoms with E-state index >= 15 is 0 Å². The second-order valence-corrected chi connectivity index (χ2v) is 13.2. The largest absolute Gasteiger partial charge is 0.417 e. The highest BCUT2D eigenvalue weighted by atomic mass is 19.4. The van der Waals surface area contributed by atoms with E-state index in [0.29, 0.717) is 56.5 Å². The fraction of sp³-hybridized carbons (Fsp3) is 0.412. The van der Waals surface area contributed by atoms with Gasteiger partial charge in [0.1, 0.15) is 22.4 Å². The Balaban J connectivity index is 0.000000162. The fourth-order valence-electron chi connectivity index (χ4n) is 6.08. The van der Waals surface area contributed by atoms with Crippen LogP contribution in [0.3, 0.4) is 0 Å². The molecule has 0 amide bonds. The number of halogens is 6. The summed E-state index contributed by atoms with van der Waals surface area (Å²) in [4.78, 5) is 46.9. The lowest BCUT2D eigenvalue weighted by Crippen LogP contribution is -2.14. The van der Waals surface area contributed by atoms with E-state index in [1.165, 1.54) is 12.1 Å². The van der Waals surface area contributed by atoms with Gasteiger partial charge in [0, 0.05) is 24.2 Å². The van der Waals surface area contributed by atoms with Crippen LogP contribution in [0.2, 0.25) is 0 Å². The molecule has 0 unspecified atom stereocenters. The molecule has 0 saturated heterocycles. The van der Waals surface area contributed by atoms with E-state index in [4.69, 9.17) is 0 Å². The van der Waals surface area contributed by atoms with Gasteiger partial charge in [-0.05, 0) is 77.6 Å². The number of alkyl halides is 6. The van der Waals surface area contributed by atoms with E-state index < -0.39 is 35.6 Å². The minimum atomic E-state index is -4.43. The van der Waals surface area contributed by atoms with Gasteiger partial charge in [-0.1, -0.05) is 0 Å². The molecule has 2 atom stereocenters. The molecule has 18 heteroatoms. The second-order valence-electron chi connectivity index (χ2n) is 13.2. The van der Waals surface area contributed by atoms with Gasteiger partial charge in [0.15, 0.2) is 11.3 Å². The average molecular weight is 727 g/mol. The zero-order valence-corrected chi connectivity index (χ0v) is 28.3. The molecule has 2 fully saturated rings. The van der Waals surface area contributed by atoms with Gasteiger partial charge in [0.25, 0.3) is 11.1 Å². The minimum Gasteiger partial charge on any atom is -0.310 e. The highest BCUT2D eigenvalue weighted by Gasteiger charge is 2.35. The predicted octanol–water partition coefficient (Wildman–Crippen LogP) is 6.66. The van der Waals surface area contributed by atoms with Crippen molar-refractivity contribution in [1.82, 2.24) is 49.5 Å². The van der Waals surface area contributed by atoms with Crippen molar-refractivity contribution >= 4 is 22.1 Å². The van der Waals surface area contributed by atoms with Gasteiger partial charge in [-0.15, -0.1) is 0 Å². The first kappa shape index (κ1) is 35.0. The van der Waals surface area contributed by atoms with Crippen molar-refractivity contribution < 1.29 is 26.3 Å². The van der Waals surface area contributed by atoms with Gasteiger partial charge < -0.3 is 9.97 Å². The molecule has 6 aromatic heterocycles. The Hall–Kier alpha value is -5.42. The number of nitrogens with zero attached hydrogens (tertiary/aromatic N) is 8. The van der Waals surface area contributed by atoms with Crippen LogP contribution in [0.25, 0.3) is 22.1 Å². The van der Waals surface area contributed by atoms with Crippen LogP contribution in [0.5, 0.6) is 0 Å². The summed E-state index contributed by atoms with van der Waals surface area (Å²) >= 11 is 0. The van der Waals surface area contributed by atoms with E-state index in [2.05, 4.69) is 40.1 Å². The quantitative estimate of drug-likeness (QED) is 0.181. The molecule has 2 aliphatic rings. The Morgan fingerprint density at radius 3 is 1.31 bits per heavy atom. The van der Waals surface area contributed by atoms with Crippen LogP contribution in [0.15, 0.2) is 46.2 Å². The Labute approximate surface area is 290 Å². The Morgan fingerprint density at radius 1 is 0.654 bits per heavy atom. The number of rotatable bonds is 6. The highest BCUT2D eigenvalue weighted by Crippen LogP contribution is 2.43. The smallest absolute Gasteiger partial charge is 0.310 e. The first-order valence-corrected chi connectivity index (χ1v) is 16.6. The number of aryl methyl sites for hydroxylation is 2. The molecule has 0 aliphatic heterocycles. The third-order valence-electron chi connectivity index (χ3n) is 9.16. The average Bonchev–Trinajstić information content (AvgIpc) is 4.03. The van der Waals surface area contributed by atoms with Crippen molar-refractivity contribution in [2.75, 3.05) is 0 Å². The van der Waals surface area contributed by atoms with Gasteiger partial charge in [-0.3, -0.25) is 19.6 Å². The van der Waals surface area contributed by atoms with Gasteiger partial charge in [-0.2, -0.15) is 36.5 Å². The maximum atomic E-state index is 12.7. The molecule has 52 heavy (non-hydrogen) atoms. The molecule has 2 N–H and O–H groups in total. The maximum absolute atomic E-state index is 12.7. The first-order valence-electron chi connectivity index (χ1n) is 16.6. The number of aromatic nitrogens is 10. The molecule has 2 aliphatic carbocycles. The van der Waals surface area contributed by atoms with Crippen molar-refractivity contribution in [1.29, 1.82) is 0 Å². The van der Waals surface area contributed by atoms with Crippen LogP contribution in [-0.4, -0.2) is 49.5 Å². The van der Waals surface area contributed by atoms with E-state index in [-0.39, 0.29) is 23.0 Å². The number of fused-ring (bicyclic) bond motifs is 2. The third-order valence-corrected chi connectivity index (χ3v) is 9.16. The molecular formula is C34H32F6N10O2. The molecule has 272 valence electrons. The SMILES string of the molecule is Cc1nc2c(c(C3CC3)nn2[C@@H](C)c2ccc(C(F)(F)F)cn2)c(=O)[nH]1.Cc1nc2c(c(C3CC3)nn2[C@H](C)c2ccc(C(F)(F)F)cn2)c(=O)[nH]1. The summed E-state index contributed by atoms with van der Waals surface area (Å²) in [6.07, 6.45) is -3.39. The predicted molar refractivity (Wildman–Crippen MR) is 176 cm³/mol. The number of H-pyrrole nitrogens is 2. The molecule has 0 spiro atoms. The lowest BCUT2D eigenvalue weighted by Gasteiger charge is -2.14. The number of nitrogens with one attached hydrogen (secondary N) is 2. The summed E-state index contributed by atoms with van der Waals surface area (Å²) in [5, 5.41) is 10.1. The fourth-order valence-corrected chi connectivity index (χ4v) is 6.08. The topological polar surface area (TPSA) is 153 Å². The zero-order valence-electron chi connectivity index (χ0n) is 28.3. The number of pyridine rings is 2. The summed E-state index contributed by atoms with van der Waals surface area (Å²) in [5.41, 5.74) is 1.02. The van der Waals surface area contributed by atoms with E-state index in [1.807, 2.05) is 0 Å². The molecule has 0 aromatic carbocycles. The summed E-state index contributed by atoms with van der Waals surface area (Å²) in [6, 6.07) is 3.74. The lowest BCUT2D eigenvalue weighted by atomic mass is 10.2. The zero-order chi connectivity index (χ0) is 37.3. The Kier molecular flexibility index (Phi) is 8.52. The van der Waals surface area contributed by atoms with Crippen LogP contribution in [0.4, 0.5) is 26.3 Å². The molecule has 0 radical (unpaired) electrons. The summed E-state index contributed by atoms with van der Waals surface area (Å²) in [7, 11) is 0. The first-order chi connectivity index (χ1) is 24.5. The summed E-state index contributed by atoms with van der Waals surface area (Å²) in [5.74, 6) is 1.38. The van der Waals surface area contributed by atoms with Gasteiger partial charge in [-0.25, -0.2) is 19.3 Å². The lowest BCUT2D eigenvalue weighted by molar-refractivity contribution is -0.138. The Bertz CT molecular complexity index is 2230. The molecular weight excluding hydrogens is 694 g/mol. The molecule has 6 heterocycles. The second kappa shape index (κ2) is 12.7. The molecule has 0 bridgehead atoms. The van der Waals surface area contributed by atoms with Crippen LogP contribution < -0.4 is 11.1 Å². The van der Waals surface area contributed by atoms with Crippen molar-refractivity contribution in [3.63, 3.8) is 0 Å². The van der Waals surface area contributed by atoms with E-state index in [1.54, 1.807) is 37.1 Å². The minimum absolute atomic E-state index is 0.233. The standard InChI is InChI=1S/2C17H16F3N5O/c2*1-8(12-6-5-11(7-21-12)17(18,19)20)25-15-13(14(24-25)10-3-4-10)16(26)23-9(2)22-15/h2*5-8,10H,3-4H2,1-2H3,(H,22,23,26)/t2*8-/m10/s1. The summed E-state index contributed by atoms with van der Waals surface area (Å²) in [6.45, 7) is 6.90. The van der Waals surface area contributed by atoms with Crippen LogP contribution >= 0.6 is 0 Å². The molecule has 8 rings (SSSR count). The highest BCUT2D eigenvalue weighted by molar-refractivity contribution is 5.79. The van der Waals surface area contributed by atoms with Crippen molar-refractivity contribution in [3.8, 4) is 0 Å². The molecule has 2 saturated carbocycles. The number of aromatic amines is 2. The molecule has 6 aromatic rings. The van der Waals surface area contributed by atoms with Gasteiger partial charge in [0.2, 0.25) is 0 Å².